The summed E-state index contributed by atoms with van der Waals surface area (Å²) in [6.07, 6.45) is 3.64. The van der Waals surface area contributed by atoms with Crippen molar-refractivity contribution in [3.63, 3.8) is 0 Å². The molecule has 0 amide bonds. The second-order valence-electron chi connectivity index (χ2n) is 4.06. The van der Waals surface area contributed by atoms with E-state index in [1.807, 2.05) is 30.9 Å². The highest BCUT2D eigenvalue weighted by Crippen LogP contribution is 2.33. The average molecular weight is 291 g/mol. The lowest BCUT2D eigenvalue weighted by Gasteiger charge is -1.99. The van der Waals surface area contributed by atoms with Crippen molar-refractivity contribution in [1.29, 1.82) is 0 Å². The Kier molecular flexibility index (Phi) is 2.29. The van der Waals surface area contributed by atoms with E-state index in [1.54, 1.807) is 6.20 Å². The summed E-state index contributed by atoms with van der Waals surface area (Å²) in [6, 6.07) is 4.09. The summed E-state index contributed by atoms with van der Waals surface area (Å²) in [5, 5.41) is 5.28. The van der Waals surface area contributed by atoms with Gasteiger partial charge in [-0.1, -0.05) is 0 Å². The van der Waals surface area contributed by atoms with E-state index >= 15 is 0 Å². The number of aromatic amines is 1. The van der Waals surface area contributed by atoms with Crippen LogP contribution in [0.2, 0.25) is 0 Å². The molecule has 0 saturated heterocycles. The Morgan fingerprint density at radius 3 is 2.94 bits per heavy atom. The molecule has 1 N–H and O–H groups in total. The Morgan fingerprint density at radius 1 is 1.41 bits per heavy atom. The molecule has 3 rings (SSSR count). The molecule has 0 unspecified atom stereocenters. The van der Waals surface area contributed by atoms with Crippen molar-refractivity contribution in [3.8, 4) is 11.4 Å². The molecule has 86 valence electrons. The molecular formula is C12H11BrN4. The predicted octanol–water partition coefficient (Wildman–Crippen LogP) is 3.03. The number of hydrogen-bond acceptors (Lipinski definition) is 2. The first-order valence-corrected chi connectivity index (χ1v) is 6.08. The van der Waals surface area contributed by atoms with E-state index < -0.39 is 0 Å². The topological polar surface area (TPSA) is 46.5 Å². The number of H-pyrrole nitrogens is 1. The first-order chi connectivity index (χ1) is 8.16. The van der Waals surface area contributed by atoms with E-state index in [-0.39, 0.29) is 0 Å². The summed E-state index contributed by atoms with van der Waals surface area (Å²) in [7, 11) is 1.92. The van der Waals surface area contributed by atoms with Gasteiger partial charge in [0.1, 0.15) is 5.65 Å². The van der Waals surface area contributed by atoms with Gasteiger partial charge in [0.25, 0.3) is 0 Å². The van der Waals surface area contributed by atoms with Crippen molar-refractivity contribution in [2.24, 2.45) is 7.05 Å². The van der Waals surface area contributed by atoms with Gasteiger partial charge in [0.15, 0.2) is 0 Å². The number of aromatic nitrogens is 4. The molecule has 3 aromatic heterocycles. The molecule has 4 nitrogen and oxygen atoms in total. The largest absolute Gasteiger partial charge is 0.337 e. The summed E-state index contributed by atoms with van der Waals surface area (Å²) in [4.78, 5) is 7.70. The fraction of sp³-hybridized carbons (Fsp3) is 0.167. The molecule has 0 bridgehead atoms. The fourth-order valence-corrected chi connectivity index (χ4v) is 2.54. The third kappa shape index (κ3) is 1.58. The third-order valence-corrected chi connectivity index (χ3v) is 3.62. The second kappa shape index (κ2) is 3.70. The normalized spacial score (nSPS) is 11.2. The standard InChI is InChI=1S/C12H11BrN4/c1-7-5-8-10(13)11(16-12(8)14-6-7)9-3-4-15-17(9)2/h3-6H,1-2H3,(H,14,16). The van der Waals surface area contributed by atoms with Crippen molar-refractivity contribution in [2.75, 3.05) is 0 Å². The molecule has 3 heterocycles. The summed E-state index contributed by atoms with van der Waals surface area (Å²) in [5.41, 5.74) is 4.08. The minimum absolute atomic E-state index is 0.888. The number of fused-ring (bicyclic) bond motifs is 1. The second-order valence-corrected chi connectivity index (χ2v) is 4.86. The molecule has 0 radical (unpaired) electrons. The van der Waals surface area contributed by atoms with Crippen LogP contribution in [0, 0.1) is 6.92 Å². The first-order valence-electron chi connectivity index (χ1n) is 5.29. The zero-order chi connectivity index (χ0) is 12.0. The Balaban J connectivity index is 2.32. The molecule has 17 heavy (non-hydrogen) atoms. The van der Waals surface area contributed by atoms with Gasteiger partial charge in [0, 0.05) is 24.8 Å². The highest BCUT2D eigenvalue weighted by molar-refractivity contribution is 9.10. The molecule has 0 aliphatic carbocycles. The first kappa shape index (κ1) is 10.5. The van der Waals surface area contributed by atoms with Crippen LogP contribution in [0.4, 0.5) is 0 Å². The summed E-state index contributed by atoms with van der Waals surface area (Å²) in [5.74, 6) is 0. The van der Waals surface area contributed by atoms with E-state index in [2.05, 4.69) is 37.1 Å². The minimum atomic E-state index is 0.888. The smallest absolute Gasteiger partial charge is 0.138 e. The van der Waals surface area contributed by atoms with Gasteiger partial charge in [0.05, 0.1) is 15.9 Å². The van der Waals surface area contributed by atoms with Gasteiger partial charge in [-0.2, -0.15) is 5.10 Å². The third-order valence-electron chi connectivity index (χ3n) is 2.80. The summed E-state index contributed by atoms with van der Waals surface area (Å²) in [6.45, 7) is 2.04. The number of rotatable bonds is 1. The van der Waals surface area contributed by atoms with Crippen LogP contribution in [0.3, 0.4) is 0 Å². The van der Waals surface area contributed by atoms with Gasteiger partial charge in [0.2, 0.25) is 0 Å². The maximum atomic E-state index is 4.39. The van der Waals surface area contributed by atoms with Crippen molar-refractivity contribution >= 4 is 27.0 Å². The molecule has 0 aliphatic rings. The van der Waals surface area contributed by atoms with Gasteiger partial charge in [-0.25, -0.2) is 4.98 Å². The predicted molar refractivity (Wildman–Crippen MR) is 70.7 cm³/mol. The Morgan fingerprint density at radius 2 is 2.24 bits per heavy atom. The lowest BCUT2D eigenvalue weighted by Crippen LogP contribution is -1.93. The number of pyridine rings is 1. The Labute approximate surface area is 107 Å². The van der Waals surface area contributed by atoms with Crippen molar-refractivity contribution < 1.29 is 0 Å². The average Bonchev–Trinajstić information content (AvgIpc) is 2.84. The Hall–Kier alpha value is -1.62. The van der Waals surface area contributed by atoms with Crippen LogP contribution in [0.5, 0.6) is 0 Å². The summed E-state index contributed by atoms with van der Waals surface area (Å²) < 4.78 is 2.87. The Bertz CT molecular complexity index is 696. The van der Waals surface area contributed by atoms with E-state index in [0.717, 1.165) is 32.5 Å². The van der Waals surface area contributed by atoms with Gasteiger partial charge in [-0.3, -0.25) is 4.68 Å². The van der Waals surface area contributed by atoms with Crippen LogP contribution < -0.4 is 0 Å². The van der Waals surface area contributed by atoms with Gasteiger partial charge in [-0.15, -0.1) is 0 Å². The van der Waals surface area contributed by atoms with Crippen LogP contribution in [-0.2, 0) is 7.05 Å². The van der Waals surface area contributed by atoms with Crippen molar-refractivity contribution in [2.45, 2.75) is 6.92 Å². The molecule has 0 fully saturated rings. The number of hydrogen-bond donors (Lipinski definition) is 1. The highest BCUT2D eigenvalue weighted by atomic mass is 79.9. The minimum Gasteiger partial charge on any atom is -0.337 e. The van der Waals surface area contributed by atoms with Crippen molar-refractivity contribution in [3.05, 3.63) is 34.6 Å². The lowest BCUT2D eigenvalue weighted by atomic mass is 10.2. The van der Waals surface area contributed by atoms with Crippen LogP contribution in [0.25, 0.3) is 22.4 Å². The number of aryl methyl sites for hydroxylation is 2. The number of halogens is 1. The fourth-order valence-electron chi connectivity index (χ4n) is 1.94. The van der Waals surface area contributed by atoms with E-state index in [1.165, 1.54) is 0 Å². The molecule has 0 saturated carbocycles. The molecule has 0 spiro atoms. The van der Waals surface area contributed by atoms with E-state index in [0.29, 0.717) is 0 Å². The SMILES string of the molecule is Cc1cnc2[nH]c(-c3ccnn3C)c(Br)c2c1. The zero-order valence-corrected chi connectivity index (χ0v) is 11.1. The highest BCUT2D eigenvalue weighted by Gasteiger charge is 2.14. The lowest BCUT2D eigenvalue weighted by molar-refractivity contribution is 0.774. The monoisotopic (exact) mass is 290 g/mol. The summed E-state index contributed by atoms with van der Waals surface area (Å²) >= 11 is 3.63. The van der Waals surface area contributed by atoms with Crippen LogP contribution >= 0.6 is 15.9 Å². The molecule has 3 aromatic rings. The molecule has 0 atom stereocenters. The quantitative estimate of drug-likeness (QED) is 0.749. The molecule has 0 aliphatic heterocycles. The van der Waals surface area contributed by atoms with Crippen molar-refractivity contribution in [1.82, 2.24) is 19.7 Å². The van der Waals surface area contributed by atoms with Crippen LogP contribution in [0.1, 0.15) is 5.56 Å². The van der Waals surface area contributed by atoms with Crippen LogP contribution in [-0.4, -0.2) is 19.7 Å². The number of nitrogens with zero attached hydrogens (tertiary/aromatic N) is 3. The molecular weight excluding hydrogens is 280 g/mol. The molecule has 0 aromatic carbocycles. The van der Waals surface area contributed by atoms with Gasteiger partial charge >= 0.3 is 0 Å². The maximum Gasteiger partial charge on any atom is 0.138 e. The maximum absolute atomic E-state index is 4.39. The van der Waals surface area contributed by atoms with Crippen LogP contribution in [0.15, 0.2) is 29.0 Å². The van der Waals surface area contributed by atoms with Gasteiger partial charge in [-0.05, 0) is 40.5 Å². The number of nitrogens with one attached hydrogen (secondary N) is 1. The van der Waals surface area contributed by atoms with E-state index in [4.69, 9.17) is 0 Å². The zero-order valence-electron chi connectivity index (χ0n) is 9.53. The van der Waals surface area contributed by atoms with E-state index in [9.17, 15) is 0 Å². The molecule has 5 heteroatoms. The van der Waals surface area contributed by atoms with Gasteiger partial charge < -0.3 is 4.98 Å².